The maximum atomic E-state index is 12.1. The summed E-state index contributed by atoms with van der Waals surface area (Å²) in [5.41, 5.74) is 6.08. The molecule has 2 atom stereocenters. The Morgan fingerprint density at radius 2 is 0.865 bits per heavy atom. The number of hydrogen-bond donors (Lipinski definition) is 0. The van der Waals surface area contributed by atoms with E-state index in [0.717, 1.165) is 59.3 Å². The van der Waals surface area contributed by atoms with Crippen molar-refractivity contribution in [1.82, 2.24) is 9.80 Å². The summed E-state index contributed by atoms with van der Waals surface area (Å²) in [5, 5.41) is 44.1. The van der Waals surface area contributed by atoms with Crippen LogP contribution in [0.5, 0.6) is 11.5 Å². The van der Waals surface area contributed by atoms with E-state index in [1.54, 1.807) is 26.0 Å². The van der Waals surface area contributed by atoms with E-state index in [2.05, 4.69) is 9.80 Å². The zero-order valence-corrected chi connectivity index (χ0v) is 26.3. The fraction of sp³-hybridized carbons (Fsp3) is 0.600. The number of hydrogen-bond acceptors (Lipinski definition) is 6. The Balaban J connectivity index is 0. The van der Waals surface area contributed by atoms with Crippen molar-refractivity contribution in [3.63, 3.8) is 0 Å². The monoisotopic (exact) mass is 548 g/mol. The predicted octanol–water partition coefficient (Wildman–Crippen LogP) is 2.92. The summed E-state index contributed by atoms with van der Waals surface area (Å²) >= 11 is 0. The molecule has 2 aromatic carbocycles. The molecule has 2 rings (SSSR count). The SMILES string of the molecule is CC[C@@H](C)[O-].CC[C@@H](C)[O-].Cc1cc([O-])c(CN(C)CCN(C)Cc2cc(C)c(C)cc2[O-])cc1C.[Ti+4]. The number of aryl methyl sites for hydroxylation is 4. The molecular weight excluding hydrogens is 500 g/mol. The van der Waals surface area contributed by atoms with Crippen molar-refractivity contribution in [2.24, 2.45) is 0 Å². The smallest absolute Gasteiger partial charge is 0.872 e. The van der Waals surface area contributed by atoms with Gasteiger partial charge in [-0.2, -0.15) is 0 Å². The van der Waals surface area contributed by atoms with Crippen molar-refractivity contribution >= 4 is 0 Å². The molecule has 2 aromatic rings. The van der Waals surface area contributed by atoms with Crippen LogP contribution in [-0.4, -0.2) is 49.2 Å². The molecule has 0 saturated heterocycles. The first-order valence-corrected chi connectivity index (χ1v) is 12.9. The van der Waals surface area contributed by atoms with E-state index in [1.165, 1.54) is 0 Å². The molecule has 0 saturated carbocycles. The van der Waals surface area contributed by atoms with E-state index in [1.807, 2.05) is 67.8 Å². The zero-order valence-electron chi connectivity index (χ0n) is 24.7. The molecule has 206 valence electrons. The summed E-state index contributed by atoms with van der Waals surface area (Å²) in [6.07, 6.45) is 0.769. The first kappa shape index (κ1) is 37.7. The molecule has 0 aromatic heterocycles. The van der Waals surface area contributed by atoms with Crippen molar-refractivity contribution < 1.29 is 42.1 Å². The van der Waals surface area contributed by atoms with Gasteiger partial charge in [0.2, 0.25) is 0 Å². The van der Waals surface area contributed by atoms with Gasteiger partial charge in [0, 0.05) is 26.2 Å². The summed E-state index contributed by atoms with van der Waals surface area (Å²) < 4.78 is 0. The van der Waals surface area contributed by atoms with Gasteiger partial charge in [-0.15, -0.1) is 23.7 Å². The van der Waals surface area contributed by atoms with Crippen molar-refractivity contribution in [2.45, 2.75) is 93.5 Å². The molecule has 0 bridgehead atoms. The molecule has 0 fully saturated rings. The van der Waals surface area contributed by atoms with Crippen LogP contribution in [0, 0.1) is 27.7 Å². The van der Waals surface area contributed by atoms with Crippen LogP contribution in [0.15, 0.2) is 24.3 Å². The van der Waals surface area contributed by atoms with Crippen LogP contribution in [0.3, 0.4) is 0 Å². The number of benzene rings is 2. The average molecular weight is 549 g/mol. The summed E-state index contributed by atoms with van der Waals surface area (Å²) in [6.45, 7) is 18.1. The van der Waals surface area contributed by atoms with Gasteiger partial charge < -0.3 is 30.2 Å². The Morgan fingerprint density at radius 1 is 0.622 bits per heavy atom. The van der Waals surface area contributed by atoms with Crippen LogP contribution in [0.25, 0.3) is 0 Å². The summed E-state index contributed by atoms with van der Waals surface area (Å²) in [5.74, 6) is 0.221. The van der Waals surface area contributed by atoms with Crippen LogP contribution >= 0.6 is 0 Å². The molecular formula is C30H48N2O4Ti. The molecule has 7 heteroatoms. The van der Waals surface area contributed by atoms with Gasteiger partial charge in [0.05, 0.1) is 0 Å². The molecule has 0 aliphatic heterocycles. The number of nitrogens with zero attached hydrogens (tertiary/aromatic N) is 2. The molecule has 6 nitrogen and oxygen atoms in total. The predicted molar refractivity (Wildman–Crippen MR) is 143 cm³/mol. The van der Waals surface area contributed by atoms with Crippen molar-refractivity contribution in [1.29, 1.82) is 0 Å². The molecule has 0 aliphatic carbocycles. The van der Waals surface area contributed by atoms with Crippen LogP contribution in [0.1, 0.15) is 73.9 Å². The minimum Gasteiger partial charge on any atom is -0.872 e. The molecule has 37 heavy (non-hydrogen) atoms. The number of likely N-dealkylation sites (N-methyl/N-ethyl adjacent to an activating group) is 2. The minimum absolute atomic E-state index is 0. The molecule has 0 aliphatic rings. The van der Waals surface area contributed by atoms with Gasteiger partial charge in [-0.1, -0.05) is 64.8 Å². The topological polar surface area (TPSA) is 98.7 Å². The van der Waals surface area contributed by atoms with Gasteiger partial charge in [0.25, 0.3) is 0 Å². The van der Waals surface area contributed by atoms with E-state index >= 15 is 0 Å². The normalized spacial score (nSPS) is 12.2. The third kappa shape index (κ3) is 16.2. The second-order valence-electron chi connectivity index (χ2n) is 10.0. The first-order valence-electron chi connectivity index (χ1n) is 12.9. The van der Waals surface area contributed by atoms with Gasteiger partial charge in [-0.25, -0.2) is 0 Å². The van der Waals surface area contributed by atoms with Gasteiger partial charge in [0.1, 0.15) is 0 Å². The average Bonchev–Trinajstić information content (AvgIpc) is 2.80. The van der Waals surface area contributed by atoms with Crippen LogP contribution in [0.2, 0.25) is 0 Å². The quantitative estimate of drug-likeness (QED) is 0.447. The molecule has 0 unspecified atom stereocenters. The second kappa shape index (κ2) is 19.6. The van der Waals surface area contributed by atoms with Crippen molar-refractivity contribution in [2.75, 3.05) is 27.2 Å². The summed E-state index contributed by atoms with van der Waals surface area (Å²) in [4.78, 5) is 4.31. The summed E-state index contributed by atoms with van der Waals surface area (Å²) in [6, 6.07) is 7.44. The third-order valence-corrected chi connectivity index (χ3v) is 6.25. The second-order valence-corrected chi connectivity index (χ2v) is 10.0. The summed E-state index contributed by atoms with van der Waals surface area (Å²) in [7, 11) is 4.05. The van der Waals surface area contributed by atoms with Gasteiger partial charge in [-0.05, 0) is 75.2 Å². The van der Waals surface area contributed by atoms with Gasteiger partial charge >= 0.3 is 21.7 Å². The first-order chi connectivity index (χ1) is 16.7. The molecule has 0 N–H and O–H groups in total. The van der Waals surface area contributed by atoms with E-state index in [0.29, 0.717) is 13.1 Å². The Kier molecular flexibility index (Phi) is 20.0. The van der Waals surface area contributed by atoms with E-state index in [-0.39, 0.29) is 45.4 Å². The minimum atomic E-state index is -0.366. The maximum Gasteiger partial charge on any atom is 4.00 e. The fourth-order valence-corrected chi connectivity index (χ4v) is 3.03. The van der Waals surface area contributed by atoms with Crippen molar-refractivity contribution in [3.05, 3.63) is 57.6 Å². The molecule has 0 radical (unpaired) electrons. The van der Waals surface area contributed by atoms with Gasteiger partial charge in [0.15, 0.2) is 0 Å². The Morgan fingerprint density at radius 3 is 1.11 bits per heavy atom. The fourth-order valence-electron chi connectivity index (χ4n) is 3.03. The van der Waals surface area contributed by atoms with Gasteiger partial charge in [-0.3, -0.25) is 0 Å². The maximum absolute atomic E-state index is 12.1. The third-order valence-electron chi connectivity index (χ3n) is 6.25. The van der Waals surface area contributed by atoms with E-state index < -0.39 is 0 Å². The Hall–Kier alpha value is -1.41. The van der Waals surface area contributed by atoms with Crippen LogP contribution < -0.4 is 20.4 Å². The standard InChI is InChI=1S/C22H32N2O2.2C4H9O.Ti/c1-15-9-19(21(25)11-17(15)3)13-23(5)7-8-24(6)14-20-10-16(2)18(4)12-22(20)26;2*1-3-4(2)5;/h9-12,25-26H,7-8,13-14H2,1-6H3;2*4H,3H2,1-2H3;/q;2*-1;+4/p-2/t;2*4-;/m.11./s1. The van der Waals surface area contributed by atoms with Crippen LogP contribution in [-0.2, 0) is 34.8 Å². The van der Waals surface area contributed by atoms with E-state index in [9.17, 15) is 20.4 Å². The number of rotatable bonds is 9. The molecule has 0 amide bonds. The van der Waals surface area contributed by atoms with Crippen molar-refractivity contribution in [3.8, 4) is 11.5 Å². The molecule has 0 spiro atoms. The largest absolute Gasteiger partial charge is 4.00 e. The Bertz CT molecular complexity index is 830. The van der Waals surface area contributed by atoms with Crippen LogP contribution in [0.4, 0.5) is 0 Å². The molecule has 0 heterocycles. The van der Waals surface area contributed by atoms with E-state index in [4.69, 9.17) is 0 Å². The zero-order chi connectivity index (χ0) is 28.0. The Labute approximate surface area is 241 Å².